The molecule has 0 spiro atoms. The highest BCUT2D eigenvalue weighted by Gasteiger charge is 2.21. The lowest BCUT2D eigenvalue weighted by Crippen LogP contribution is -2.07. The van der Waals surface area contributed by atoms with Crippen LogP contribution in [-0.4, -0.2) is 35.5 Å². The molecule has 0 aliphatic rings. The summed E-state index contributed by atoms with van der Waals surface area (Å²) in [7, 11) is -0.0190. The van der Waals surface area contributed by atoms with Crippen LogP contribution in [0.15, 0.2) is 52.5 Å². The van der Waals surface area contributed by atoms with Crippen molar-refractivity contribution in [3.63, 3.8) is 0 Å². The molecule has 0 radical (unpaired) electrons. The smallest absolute Gasteiger partial charge is 0.362 e. The second-order valence-corrected chi connectivity index (χ2v) is 6.30. The van der Waals surface area contributed by atoms with Gasteiger partial charge in [0.15, 0.2) is 17.2 Å². The molecule has 26 heavy (non-hydrogen) atoms. The average Bonchev–Trinajstić information content (AvgIpc) is 2.68. The molecule has 0 aliphatic carbocycles. The Morgan fingerprint density at radius 1 is 0.962 bits per heavy atom. The van der Waals surface area contributed by atoms with Crippen LogP contribution >= 0.6 is 0 Å². The van der Waals surface area contributed by atoms with E-state index in [4.69, 9.17) is 14.2 Å². The first-order valence-corrected chi connectivity index (χ1v) is 8.64. The van der Waals surface area contributed by atoms with Gasteiger partial charge in [0.1, 0.15) is 16.7 Å². The number of ether oxygens (including phenoxy) is 3. The Kier molecular flexibility index (Phi) is 6.03. The van der Waals surface area contributed by atoms with Crippen LogP contribution in [0.5, 0.6) is 17.2 Å². The average molecular weight is 376 g/mol. The van der Waals surface area contributed by atoms with Crippen molar-refractivity contribution >= 4 is 15.8 Å². The fraction of sp³-hybridized carbons (Fsp3) is 0.176. The molecule has 9 heteroatoms. The summed E-state index contributed by atoms with van der Waals surface area (Å²) in [6.45, 7) is 0. The largest absolute Gasteiger partial charge is 0.495 e. The van der Waals surface area contributed by atoms with E-state index in [2.05, 4.69) is 9.44 Å². The first-order valence-electron chi connectivity index (χ1n) is 7.24. The van der Waals surface area contributed by atoms with E-state index in [9.17, 15) is 13.7 Å². The molecule has 8 nitrogen and oxygen atoms in total. The van der Waals surface area contributed by atoms with E-state index in [-0.39, 0.29) is 16.4 Å². The molecule has 0 bridgehead atoms. The molecule has 0 fully saturated rings. The molecule has 0 atom stereocenters. The van der Waals surface area contributed by atoms with E-state index in [0.717, 1.165) is 0 Å². The van der Waals surface area contributed by atoms with Crippen LogP contribution in [0.3, 0.4) is 0 Å². The van der Waals surface area contributed by atoms with Crippen LogP contribution in [0.25, 0.3) is 0 Å². The van der Waals surface area contributed by atoms with Crippen molar-refractivity contribution in [1.82, 2.24) is 0 Å². The molecule has 0 aromatic heterocycles. The normalized spacial score (nSPS) is 11.4. The fourth-order valence-corrected chi connectivity index (χ4v) is 2.97. The SMILES string of the molecule is COc1ccc(C(C#N)=NOS(=O)(=O)c2ccccc2OC)cc1OC. The molecule has 0 N–H and O–H groups in total. The highest BCUT2D eigenvalue weighted by molar-refractivity contribution is 7.86. The number of benzene rings is 2. The molecule has 2 aromatic carbocycles. The monoisotopic (exact) mass is 376 g/mol. The van der Waals surface area contributed by atoms with Crippen molar-refractivity contribution in [1.29, 1.82) is 5.26 Å². The molecule has 0 heterocycles. The standard InChI is InChI=1S/C17H16N2O6S/c1-22-14-9-8-12(10-16(14)24-3)13(11-18)19-25-26(20,21)17-7-5-4-6-15(17)23-2/h4-10H,1-3H3. The summed E-state index contributed by atoms with van der Waals surface area (Å²) in [5, 5.41) is 12.8. The summed E-state index contributed by atoms with van der Waals surface area (Å²) >= 11 is 0. The molecule has 0 saturated carbocycles. The van der Waals surface area contributed by atoms with Gasteiger partial charge in [0, 0.05) is 5.56 Å². The van der Waals surface area contributed by atoms with Gasteiger partial charge in [-0.1, -0.05) is 17.3 Å². The van der Waals surface area contributed by atoms with Gasteiger partial charge in [-0.05, 0) is 30.3 Å². The van der Waals surface area contributed by atoms with Crippen molar-refractivity contribution in [3.8, 4) is 23.3 Å². The Morgan fingerprint density at radius 3 is 2.23 bits per heavy atom. The van der Waals surface area contributed by atoms with E-state index in [1.165, 1.54) is 51.7 Å². The number of rotatable bonds is 7. The number of methoxy groups -OCH3 is 3. The quantitative estimate of drug-likeness (QED) is 0.539. The molecule has 0 amide bonds. The Morgan fingerprint density at radius 2 is 1.62 bits per heavy atom. The van der Waals surface area contributed by atoms with E-state index < -0.39 is 10.1 Å². The fourth-order valence-electron chi connectivity index (χ4n) is 2.07. The number of hydrogen-bond acceptors (Lipinski definition) is 8. The minimum absolute atomic E-state index is 0.104. The third-order valence-corrected chi connectivity index (χ3v) is 4.47. The number of hydrogen-bond donors (Lipinski definition) is 0. The zero-order valence-corrected chi connectivity index (χ0v) is 15.1. The van der Waals surface area contributed by atoms with Crippen molar-refractivity contribution in [2.24, 2.45) is 5.16 Å². The van der Waals surface area contributed by atoms with Crippen molar-refractivity contribution < 1.29 is 26.9 Å². The Bertz CT molecular complexity index is 963. The third-order valence-electron chi connectivity index (χ3n) is 3.33. The van der Waals surface area contributed by atoms with Gasteiger partial charge in [0.25, 0.3) is 0 Å². The maximum Gasteiger partial charge on any atom is 0.362 e. The predicted octanol–water partition coefficient (Wildman–Crippen LogP) is 2.35. The zero-order chi connectivity index (χ0) is 19.2. The molecule has 136 valence electrons. The van der Waals surface area contributed by atoms with E-state index in [0.29, 0.717) is 17.1 Å². The van der Waals surface area contributed by atoms with Crippen LogP contribution in [0.4, 0.5) is 0 Å². The van der Waals surface area contributed by atoms with Crippen LogP contribution in [0.2, 0.25) is 0 Å². The van der Waals surface area contributed by atoms with Gasteiger partial charge in [-0.2, -0.15) is 13.7 Å². The van der Waals surface area contributed by atoms with E-state index >= 15 is 0 Å². The summed E-state index contributed by atoms with van der Waals surface area (Å²) in [5.41, 5.74) is 0.0600. The molecular formula is C17H16N2O6S. The highest BCUT2D eigenvalue weighted by atomic mass is 32.2. The van der Waals surface area contributed by atoms with Crippen molar-refractivity contribution in [2.75, 3.05) is 21.3 Å². The minimum Gasteiger partial charge on any atom is -0.495 e. The van der Waals surface area contributed by atoms with Crippen LogP contribution in [0, 0.1) is 11.3 Å². The van der Waals surface area contributed by atoms with Crippen LogP contribution < -0.4 is 14.2 Å². The third kappa shape index (κ3) is 4.04. The lowest BCUT2D eigenvalue weighted by atomic mass is 10.1. The summed E-state index contributed by atoms with van der Waals surface area (Å²) in [6.07, 6.45) is 0. The van der Waals surface area contributed by atoms with Gasteiger partial charge < -0.3 is 14.2 Å². The topological polar surface area (TPSA) is 107 Å². The second kappa shape index (κ2) is 8.22. The van der Waals surface area contributed by atoms with Crippen molar-refractivity contribution in [3.05, 3.63) is 48.0 Å². The molecule has 2 rings (SSSR count). The summed E-state index contributed by atoms with van der Waals surface area (Å²) in [4.78, 5) is -0.198. The van der Waals surface area contributed by atoms with Crippen molar-refractivity contribution in [2.45, 2.75) is 4.90 Å². The first kappa shape index (κ1) is 19.1. The lowest BCUT2D eigenvalue weighted by molar-refractivity contribution is 0.334. The van der Waals surface area contributed by atoms with Gasteiger partial charge in [-0.15, -0.1) is 0 Å². The number of oxime groups is 1. The molecule has 0 aliphatic heterocycles. The molecule has 0 unspecified atom stereocenters. The molecule has 0 saturated heterocycles. The Hall–Kier alpha value is -3.25. The van der Waals surface area contributed by atoms with Crippen LogP contribution in [0.1, 0.15) is 5.56 Å². The summed E-state index contributed by atoms with van der Waals surface area (Å²) in [5.74, 6) is 0.920. The maximum absolute atomic E-state index is 12.3. The Balaban J connectivity index is 2.37. The van der Waals surface area contributed by atoms with E-state index in [1.807, 2.05) is 0 Å². The van der Waals surface area contributed by atoms with Crippen LogP contribution in [-0.2, 0) is 14.4 Å². The zero-order valence-electron chi connectivity index (χ0n) is 14.3. The maximum atomic E-state index is 12.3. The first-order chi connectivity index (χ1) is 12.5. The number of nitrogens with zero attached hydrogens (tertiary/aromatic N) is 2. The van der Waals surface area contributed by atoms with Gasteiger partial charge in [0.2, 0.25) is 0 Å². The second-order valence-electron chi connectivity index (χ2n) is 4.80. The molecule has 2 aromatic rings. The number of nitriles is 1. The summed E-state index contributed by atoms with van der Waals surface area (Å²) < 4.78 is 44.6. The van der Waals surface area contributed by atoms with Gasteiger partial charge in [-0.3, -0.25) is 4.28 Å². The minimum atomic E-state index is -4.26. The highest BCUT2D eigenvalue weighted by Crippen LogP contribution is 2.28. The Labute approximate surface area is 151 Å². The predicted molar refractivity (Wildman–Crippen MR) is 93.0 cm³/mol. The van der Waals surface area contributed by atoms with Gasteiger partial charge in [-0.25, -0.2) is 0 Å². The summed E-state index contributed by atoms with van der Waals surface area (Å²) in [6, 6.07) is 12.3. The van der Waals surface area contributed by atoms with Gasteiger partial charge in [0.05, 0.1) is 21.3 Å². The van der Waals surface area contributed by atoms with Gasteiger partial charge >= 0.3 is 10.1 Å². The lowest BCUT2D eigenvalue weighted by Gasteiger charge is -2.09. The molecular weight excluding hydrogens is 360 g/mol. The number of para-hydroxylation sites is 1. The van der Waals surface area contributed by atoms with E-state index in [1.54, 1.807) is 18.2 Å².